The monoisotopic (exact) mass is 830 g/mol. The van der Waals surface area contributed by atoms with E-state index in [1.165, 1.54) is 0 Å². The fourth-order valence-corrected chi connectivity index (χ4v) is 12.7. The fraction of sp³-hybridized carbons (Fsp3) is 0.970. The van der Waals surface area contributed by atoms with Crippen LogP contribution in [0.4, 0.5) is 0 Å². The molecule has 1 aliphatic heterocycles. The van der Waals surface area contributed by atoms with Crippen molar-refractivity contribution in [2.45, 2.75) is 200 Å². The first-order valence-corrected chi connectivity index (χ1v) is 42.3. The third-order valence-corrected chi connectivity index (χ3v) is 13.7. The van der Waals surface area contributed by atoms with Gasteiger partial charge in [-0.2, -0.15) is 0 Å². The summed E-state index contributed by atoms with van der Waals surface area (Å²) >= 11 is 0. The van der Waals surface area contributed by atoms with Crippen LogP contribution in [-0.4, -0.2) is 126 Å². The maximum Gasteiger partial charge on any atom is 0.186 e. The average Bonchev–Trinajstić information content (AvgIpc) is 2.82. The second-order valence-electron chi connectivity index (χ2n) is 20.6. The first-order chi connectivity index (χ1) is 22.0. The quantitative estimate of drug-likeness (QED) is 0.0828. The summed E-state index contributed by atoms with van der Waals surface area (Å²) in [5, 5.41) is 0. The second-order valence-corrected chi connectivity index (χ2v) is 51.9. The smallest absolute Gasteiger partial charge is 0.186 e. The molecule has 0 aromatic heterocycles. The first-order valence-electron chi connectivity index (χ1n) is 18.5. The van der Waals surface area contributed by atoms with Crippen LogP contribution < -0.4 is 0 Å². The lowest BCUT2D eigenvalue weighted by Crippen LogP contribution is -2.67. The highest BCUT2D eigenvalue weighted by Crippen LogP contribution is 2.36. The molecule has 17 heteroatoms. The number of hydrogen-bond donors (Lipinski definition) is 0. The Morgan fingerprint density at radius 3 is 1.32 bits per heavy atom. The van der Waals surface area contributed by atoms with Crippen molar-refractivity contribution in [2.24, 2.45) is 0 Å². The number of carbonyl (C=O) groups is 1. The van der Waals surface area contributed by atoms with E-state index in [-0.39, 0.29) is 12.2 Å². The van der Waals surface area contributed by atoms with Gasteiger partial charge in [-0.1, -0.05) is 0 Å². The van der Waals surface area contributed by atoms with Gasteiger partial charge in [0.05, 0.1) is 24.9 Å². The van der Waals surface area contributed by atoms with Gasteiger partial charge >= 0.3 is 0 Å². The summed E-state index contributed by atoms with van der Waals surface area (Å²) in [7, 11) is -15.0. The third kappa shape index (κ3) is 19.9. The van der Waals surface area contributed by atoms with Gasteiger partial charge in [-0.15, -0.1) is 0 Å². The average molecular weight is 832 g/mol. The molecule has 1 aliphatic rings. The van der Waals surface area contributed by atoms with E-state index in [0.29, 0.717) is 6.61 Å². The molecular formula is C33H78O10Si7. The van der Waals surface area contributed by atoms with Crippen LogP contribution >= 0.6 is 0 Å². The molecule has 1 heterocycles. The molecule has 1 saturated heterocycles. The molecule has 1 fully saturated rings. The molecule has 0 spiro atoms. The summed E-state index contributed by atoms with van der Waals surface area (Å²) in [5.41, 5.74) is 0. The number of ether oxygens (including phenoxy) is 2. The summed E-state index contributed by atoms with van der Waals surface area (Å²) < 4.78 is 62.0. The van der Waals surface area contributed by atoms with Crippen molar-refractivity contribution in [3.63, 3.8) is 0 Å². The minimum absolute atomic E-state index is 0.317. The number of hydrogen-bond acceptors (Lipinski definition) is 10. The largest absolute Gasteiger partial charge is 0.415 e. The Morgan fingerprint density at radius 2 is 0.940 bits per heavy atom. The van der Waals surface area contributed by atoms with Crippen LogP contribution in [0.2, 0.25) is 137 Å². The highest BCUT2D eigenvalue weighted by atomic mass is 28.4. The molecule has 0 aliphatic carbocycles. The van der Waals surface area contributed by atoms with Crippen LogP contribution in [0, 0.1) is 0 Å². The molecule has 9 atom stereocenters. The maximum atomic E-state index is 13.2. The normalized spacial score (nSPS) is 26.0. The lowest BCUT2D eigenvalue weighted by molar-refractivity contribution is -0.308. The summed E-state index contributed by atoms with van der Waals surface area (Å²) in [4.78, 5) is 13.2. The zero-order valence-corrected chi connectivity index (χ0v) is 43.1. The van der Waals surface area contributed by atoms with Crippen molar-refractivity contribution in [2.75, 3.05) is 6.61 Å². The zero-order chi connectivity index (χ0) is 39.5. The number of aldehydes is 1. The Kier molecular flexibility index (Phi) is 17.8. The maximum absolute atomic E-state index is 13.2. The Hall–Kier alpha value is 0.828. The minimum atomic E-state index is -2.28. The van der Waals surface area contributed by atoms with Crippen molar-refractivity contribution in [3.8, 4) is 0 Å². The van der Waals surface area contributed by atoms with Crippen molar-refractivity contribution in [3.05, 3.63) is 0 Å². The van der Waals surface area contributed by atoms with Crippen LogP contribution in [0.25, 0.3) is 0 Å². The van der Waals surface area contributed by atoms with E-state index in [1.54, 1.807) is 0 Å². The summed E-state index contributed by atoms with van der Waals surface area (Å²) in [6.45, 7) is 47.5. The van der Waals surface area contributed by atoms with Crippen molar-refractivity contribution in [1.82, 2.24) is 0 Å². The van der Waals surface area contributed by atoms with Gasteiger partial charge in [-0.05, 0) is 144 Å². The second kappa shape index (κ2) is 18.2. The van der Waals surface area contributed by atoms with Gasteiger partial charge in [0.25, 0.3) is 0 Å². The van der Waals surface area contributed by atoms with E-state index in [1.807, 2.05) is 6.92 Å². The van der Waals surface area contributed by atoms with Gasteiger partial charge in [0.15, 0.2) is 64.5 Å². The highest BCUT2D eigenvalue weighted by Gasteiger charge is 2.53. The molecule has 0 radical (unpaired) electrons. The van der Waals surface area contributed by atoms with Gasteiger partial charge in [0.2, 0.25) is 0 Å². The van der Waals surface area contributed by atoms with E-state index in [9.17, 15) is 4.79 Å². The molecule has 0 aromatic rings. The predicted octanol–water partition coefficient (Wildman–Crippen LogP) is 8.49. The van der Waals surface area contributed by atoms with Gasteiger partial charge < -0.3 is 45.3 Å². The van der Waals surface area contributed by atoms with Gasteiger partial charge in [0, 0.05) is 0 Å². The lowest BCUT2D eigenvalue weighted by atomic mass is 9.99. The molecule has 298 valence electrons. The number of rotatable bonds is 21. The van der Waals surface area contributed by atoms with E-state index in [0.717, 1.165) is 6.29 Å². The molecule has 50 heavy (non-hydrogen) atoms. The molecule has 0 N–H and O–H groups in total. The minimum Gasteiger partial charge on any atom is -0.415 e. The summed E-state index contributed by atoms with van der Waals surface area (Å²) in [6.07, 6.45) is -4.83. The SMILES string of the molecule is CC1OC(OC(C(C=O)O[Si](C)(C)C)C(O[Si](C)(C)C)C(CO[Si](C)(C)C)O[Si](C)(C)C)C(O[Si](C)(C)C)C(O[Si](C)(C)C)C1O[Si](C)(C)C. The Labute approximate surface area is 314 Å². The molecule has 0 saturated carbocycles. The molecule has 0 amide bonds. The van der Waals surface area contributed by atoms with Gasteiger partial charge in [-0.3, -0.25) is 0 Å². The predicted molar refractivity (Wildman–Crippen MR) is 224 cm³/mol. The van der Waals surface area contributed by atoms with Crippen molar-refractivity contribution < 1.29 is 45.3 Å². The van der Waals surface area contributed by atoms with Crippen LogP contribution in [0.3, 0.4) is 0 Å². The summed E-state index contributed by atoms with van der Waals surface area (Å²) in [6, 6.07) is 0. The van der Waals surface area contributed by atoms with Crippen LogP contribution in [0.15, 0.2) is 0 Å². The molecule has 0 bridgehead atoms. The van der Waals surface area contributed by atoms with Gasteiger partial charge in [-0.25, -0.2) is 0 Å². The first kappa shape index (κ1) is 48.8. The standard InChI is InChI=1S/C33H78O10Si7/c1-25-28(40-47(11,12)13)31(42-49(17,18)19)32(43-50(20,21)22)33(36-25)37-29(26(23-34)38-45(5,6)7)30(41-48(14,15)16)27(39-46(8,9)10)24-35-44(2,3)4/h23,25-33H,24H2,1-22H3. The van der Waals surface area contributed by atoms with E-state index >= 15 is 0 Å². The molecule has 10 nitrogen and oxygen atoms in total. The fourth-order valence-electron chi connectivity index (χ4n) is 5.55. The molecule has 1 rings (SSSR count). The lowest BCUT2D eigenvalue weighted by Gasteiger charge is -2.51. The highest BCUT2D eigenvalue weighted by molar-refractivity contribution is 6.72. The van der Waals surface area contributed by atoms with Gasteiger partial charge in [0.1, 0.15) is 36.8 Å². The van der Waals surface area contributed by atoms with E-state index < -0.39 is 101 Å². The van der Waals surface area contributed by atoms with Crippen LogP contribution in [0.1, 0.15) is 6.92 Å². The van der Waals surface area contributed by atoms with Crippen molar-refractivity contribution >= 4 is 64.5 Å². The third-order valence-electron chi connectivity index (χ3n) is 6.80. The summed E-state index contributed by atoms with van der Waals surface area (Å²) in [5.74, 6) is 0. The molecule has 9 unspecified atom stereocenters. The van der Waals surface area contributed by atoms with Crippen LogP contribution in [-0.2, 0) is 45.3 Å². The zero-order valence-electron chi connectivity index (χ0n) is 36.1. The Bertz CT molecular complexity index is 1040. The topological polar surface area (TPSA) is 100 Å². The van der Waals surface area contributed by atoms with Crippen LogP contribution in [0.5, 0.6) is 0 Å². The molecular weight excluding hydrogens is 753 g/mol. The van der Waals surface area contributed by atoms with Crippen molar-refractivity contribution in [1.29, 1.82) is 0 Å². The van der Waals surface area contributed by atoms with E-state index in [4.69, 9.17) is 40.5 Å². The number of carbonyl (C=O) groups excluding carboxylic acids is 1. The molecule has 0 aromatic carbocycles. The van der Waals surface area contributed by atoms with E-state index in [2.05, 4.69) is 137 Å². The Balaban J connectivity index is 4.07. The Morgan fingerprint density at radius 1 is 0.520 bits per heavy atom.